The van der Waals surface area contributed by atoms with Gasteiger partial charge in [-0.25, -0.2) is 0 Å². The van der Waals surface area contributed by atoms with Gasteiger partial charge in [0.2, 0.25) is 0 Å². The fourth-order valence-corrected chi connectivity index (χ4v) is 1.77. The molecular weight excluding hydrogens is 260 g/mol. The van der Waals surface area contributed by atoms with Crippen LogP contribution in [0.1, 0.15) is 16.1 Å². The summed E-state index contributed by atoms with van der Waals surface area (Å²) >= 11 is 0. The van der Waals surface area contributed by atoms with Gasteiger partial charge in [0.25, 0.3) is 0 Å². The Hall–Kier alpha value is -2.76. The van der Waals surface area contributed by atoms with Crippen molar-refractivity contribution in [2.45, 2.75) is 6.42 Å². The number of pyridine rings is 1. The minimum absolute atomic E-state index is 0.0712. The summed E-state index contributed by atoms with van der Waals surface area (Å²) in [5.41, 5.74) is 0.842. The average Bonchev–Trinajstić information content (AvgIpc) is 2.47. The normalized spacial score (nSPS) is 10.1. The third-order valence-electron chi connectivity index (χ3n) is 2.77. The molecule has 0 N–H and O–H groups in total. The first-order chi connectivity index (χ1) is 9.61. The SMILES string of the molecule is COc1cc(C(=O)Cc2ccccn2)ccc1[N+](=O)[O-]. The van der Waals surface area contributed by atoms with Crippen LogP contribution in [0.5, 0.6) is 5.75 Å². The molecule has 0 aliphatic heterocycles. The number of Topliss-reactive ketones (excluding diaryl/α,β-unsaturated/α-hetero) is 1. The minimum Gasteiger partial charge on any atom is -0.490 e. The topological polar surface area (TPSA) is 82.3 Å². The maximum atomic E-state index is 12.1. The van der Waals surface area contributed by atoms with E-state index in [-0.39, 0.29) is 23.6 Å². The second kappa shape index (κ2) is 5.92. The van der Waals surface area contributed by atoms with Crippen molar-refractivity contribution in [2.24, 2.45) is 0 Å². The Kier molecular flexibility index (Phi) is 4.05. The van der Waals surface area contributed by atoms with Gasteiger partial charge in [-0.1, -0.05) is 6.07 Å². The number of nitro groups is 1. The number of nitro benzene ring substituents is 1. The Morgan fingerprint density at radius 3 is 2.75 bits per heavy atom. The monoisotopic (exact) mass is 272 g/mol. The number of carbonyl (C=O) groups excluding carboxylic acids is 1. The van der Waals surface area contributed by atoms with E-state index in [1.807, 2.05) is 0 Å². The van der Waals surface area contributed by atoms with Gasteiger partial charge in [0, 0.05) is 23.5 Å². The van der Waals surface area contributed by atoms with Gasteiger partial charge >= 0.3 is 5.69 Å². The van der Waals surface area contributed by atoms with Gasteiger partial charge in [-0.15, -0.1) is 0 Å². The maximum Gasteiger partial charge on any atom is 0.310 e. The molecule has 0 spiro atoms. The summed E-state index contributed by atoms with van der Waals surface area (Å²) in [4.78, 5) is 26.4. The van der Waals surface area contributed by atoms with Gasteiger partial charge in [0.15, 0.2) is 11.5 Å². The molecule has 0 amide bonds. The number of methoxy groups -OCH3 is 1. The van der Waals surface area contributed by atoms with Crippen LogP contribution in [0.3, 0.4) is 0 Å². The fraction of sp³-hybridized carbons (Fsp3) is 0.143. The lowest BCUT2D eigenvalue weighted by molar-refractivity contribution is -0.385. The van der Waals surface area contributed by atoms with Crippen molar-refractivity contribution in [3.05, 3.63) is 64.0 Å². The number of ether oxygens (including phenoxy) is 1. The van der Waals surface area contributed by atoms with E-state index < -0.39 is 4.92 Å². The molecule has 0 saturated heterocycles. The Labute approximate surface area is 115 Å². The zero-order chi connectivity index (χ0) is 14.5. The molecule has 0 unspecified atom stereocenters. The van der Waals surface area contributed by atoms with Crippen molar-refractivity contribution in [1.82, 2.24) is 4.98 Å². The molecule has 1 aromatic heterocycles. The van der Waals surface area contributed by atoms with Crippen LogP contribution in [0.4, 0.5) is 5.69 Å². The molecule has 0 bridgehead atoms. The summed E-state index contributed by atoms with van der Waals surface area (Å²) in [7, 11) is 1.33. The largest absolute Gasteiger partial charge is 0.490 e. The van der Waals surface area contributed by atoms with E-state index in [1.54, 1.807) is 24.4 Å². The van der Waals surface area contributed by atoms with E-state index in [9.17, 15) is 14.9 Å². The third kappa shape index (κ3) is 2.97. The summed E-state index contributed by atoms with van der Waals surface area (Å²) in [5.74, 6) is -0.0984. The number of nitrogens with zero attached hydrogens (tertiary/aromatic N) is 2. The van der Waals surface area contributed by atoms with Gasteiger partial charge in [-0.05, 0) is 24.3 Å². The standard InChI is InChI=1S/C14H12N2O4/c1-20-14-8-10(5-6-12(14)16(18)19)13(17)9-11-4-2-3-7-15-11/h2-8H,9H2,1H3. The molecule has 0 radical (unpaired) electrons. The molecule has 6 nitrogen and oxygen atoms in total. The Bertz CT molecular complexity index is 641. The molecule has 0 fully saturated rings. The lowest BCUT2D eigenvalue weighted by Crippen LogP contribution is -2.06. The summed E-state index contributed by atoms with van der Waals surface area (Å²) in [5, 5.41) is 10.8. The minimum atomic E-state index is -0.550. The van der Waals surface area contributed by atoms with Crippen molar-refractivity contribution < 1.29 is 14.5 Å². The number of hydrogen-bond donors (Lipinski definition) is 0. The zero-order valence-corrected chi connectivity index (χ0v) is 10.8. The Morgan fingerprint density at radius 1 is 1.35 bits per heavy atom. The van der Waals surface area contributed by atoms with Crippen LogP contribution in [0.2, 0.25) is 0 Å². The quantitative estimate of drug-likeness (QED) is 0.474. The fourth-order valence-electron chi connectivity index (χ4n) is 1.77. The van der Waals surface area contributed by atoms with E-state index in [1.165, 1.54) is 25.3 Å². The van der Waals surface area contributed by atoms with Crippen LogP contribution in [0.25, 0.3) is 0 Å². The van der Waals surface area contributed by atoms with Crippen LogP contribution in [-0.2, 0) is 6.42 Å². The summed E-state index contributed by atoms with van der Waals surface area (Å²) < 4.78 is 4.94. The molecule has 2 aromatic rings. The van der Waals surface area contributed by atoms with E-state index >= 15 is 0 Å². The molecule has 1 heterocycles. The van der Waals surface area contributed by atoms with Gasteiger partial charge in [-0.2, -0.15) is 0 Å². The molecule has 20 heavy (non-hydrogen) atoms. The number of hydrogen-bond acceptors (Lipinski definition) is 5. The predicted octanol–water partition coefficient (Wildman–Crippen LogP) is 2.42. The van der Waals surface area contributed by atoms with Gasteiger partial charge in [-0.3, -0.25) is 19.9 Å². The molecule has 0 aliphatic rings. The van der Waals surface area contributed by atoms with Crippen LogP contribution < -0.4 is 4.74 Å². The number of carbonyl (C=O) groups is 1. The van der Waals surface area contributed by atoms with Crippen molar-refractivity contribution in [1.29, 1.82) is 0 Å². The van der Waals surface area contributed by atoms with Gasteiger partial charge in [0.05, 0.1) is 18.5 Å². The lowest BCUT2D eigenvalue weighted by atomic mass is 10.1. The lowest BCUT2D eigenvalue weighted by Gasteiger charge is -2.05. The molecule has 2 rings (SSSR count). The molecule has 0 aliphatic carbocycles. The highest BCUT2D eigenvalue weighted by Crippen LogP contribution is 2.27. The number of ketones is 1. The highest BCUT2D eigenvalue weighted by molar-refractivity contribution is 5.98. The summed E-state index contributed by atoms with van der Waals surface area (Å²) in [6.07, 6.45) is 1.75. The third-order valence-corrected chi connectivity index (χ3v) is 2.77. The molecular formula is C14H12N2O4. The second-order valence-electron chi connectivity index (χ2n) is 4.06. The smallest absolute Gasteiger partial charge is 0.310 e. The Balaban J connectivity index is 2.25. The first-order valence-corrected chi connectivity index (χ1v) is 5.87. The molecule has 6 heteroatoms. The van der Waals surface area contributed by atoms with E-state index in [2.05, 4.69) is 4.98 Å². The first-order valence-electron chi connectivity index (χ1n) is 5.87. The highest BCUT2D eigenvalue weighted by Gasteiger charge is 2.17. The number of aromatic nitrogens is 1. The highest BCUT2D eigenvalue weighted by atomic mass is 16.6. The van der Waals surface area contributed by atoms with Crippen LogP contribution in [0.15, 0.2) is 42.6 Å². The molecule has 102 valence electrons. The van der Waals surface area contributed by atoms with Crippen molar-refractivity contribution in [2.75, 3.05) is 7.11 Å². The predicted molar refractivity (Wildman–Crippen MR) is 71.9 cm³/mol. The van der Waals surface area contributed by atoms with E-state index in [4.69, 9.17) is 4.74 Å². The maximum absolute atomic E-state index is 12.1. The first kappa shape index (κ1) is 13.7. The molecule has 0 saturated carbocycles. The number of benzene rings is 1. The van der Waals surface area contributed by atoms with Gasteiger partial charge < -0.3 is 4.74 Å². The summed E-state index contributed by atoms with van der Waals surface area (Å²) in [6, 6.07) is 9.38. The van der Waals surface area contributed by atoms with Gasteiger partial charge in [0.1, 0.15) is 0 Å². The molecule has 1 aromatic carbocycles. The van der Waals surface area contributed by atoms with Crippen molar-refractivity contribution in [3.63, 3.8) is 0 Å². The number of rotatable bonds is 5. The summed E-state index contributed by atoms with van der Waals surface area (Å²) in [6.45, 7) is 0. The van der Waals surface area contributed by atoms with Crippen molar-refractivity contribution in [3.8, 4) is 5.75 Å². The zero-order valence-electron chi connectivity index (χ0n) is 10.8. The second-order valence-corrected chi connectivity index (χ2v) is 4.06. The van der Waals surface area contributed by atoms with E-state index in [0.29, 0.717) is 11.3 Å². The Morgan fingerprint density at radius 2 is 2.15 bits per heavy atom. The molecule has 0 atom stereocenters. The van der Waals surface area contributed by atoms with Crippen LogP contribution >= 0.6 is 0 Å². The average molecular weight is 272 g/mol. The van der Waals surface area contributed by atoms with E-state index in [0.717, 1.165) is 0 Å². The van der Waals surface area contributed by atoms with Crippen LogP contribution in [-0.4, -0.2) is 22.8 Å². The van der Waals surface area contributed by atoms with Crippen molar-refractivity contribution >= 4 is 11.5 Å². The van der Waals surface area contributed by atoms with Crippen LogP contribution in [0, 0.1) is 10.1 Å².